The lowest BCUT2D eigenvalue weighted by Crippen LogP contribution is -2.40. The lowest BCUT2D eigenvalue weighted by atomic mass is 9.75. The van der Waals surface area contributed by atoms with E-state index in [1.54, 1.807) is 13.0 Å². The van der Waals surface area contributed by atoms with E-state index in [-0.39, 0.29) is 29.2 Å². The molecule has 2 aliphatic heterocycles. The minimum Gasteiger partial charge on any atom is -0.359 e. The molecule has 1 atom stereocenters. The Balaban J connectivity index is 1.69. The molecule has 4 rings (SSSR count). The van der Waals surface area contributed by atoms with E-state index in [9.17, 15) is 9.59 Å². The zero-order chi connectivity index (χ0) is 23.0. The van der Waals surface area contributed by atoms with Gasteiger partial charge in [0.25, 0.3) is 0 Å². The molecular formula is C24H35N5O2S. The van der Waals surface area contributed by atoms with E-state index in [0.717, 1.165) is 68.7 Å². The number of fused-ring (bicyclic) bond motifs is 1. The van der Waals surface area contributed by atoms with Crippen LogP contribution in [0.2, 0.25) is 0 Å². The van der Waals surface area contributed by atoms with Gasteiger partial charge < -0.3 is 15.1 Å². The number of hydrogen-bond acceptors (Lipinski definition) is 4. The van der Waals surface area contributed by atoms with Crippen LogP contribution in [0.15, 0.2) is 12.7 Å². The number of ketones is 1. The zero-order valence-electron chi connectivity index (χ0n) is 19.5. The summed E-state index contributed by atoms with van der Waals surface area (Å²) in [6.07, 6.45) is 6.91. The number of Topliss-reactive ketones (excluding diaryl/α,β-unsaturated/α-hetero) is 1. The summed E-state index contributed by atoms with van der Waals surface area (Å²) in [6.45, 7) is 12.7. The molecule has 0 aromatic carbocycles. The molecule has 2 fully saturated rings. The first-order chi connectivity index (χ1) is 15.2. The normalized spacial score (nSPS) is 23.2. The molecule has 1 aliphatic carbocycles. The average molecular weight is 458 g/mol. The Bertz CT molecular complexity index is 929. The molecule has 0 unspecified atom stereocenters. The molecule has 1 amide bonds. The second kappa shape index (κ2) is 8.96. The third-order valence-electron chi connectivity index (χ3n) is 7.08. The Morgan fingerprint density at radius 2 is 1.97 bits per heavy atom. The number of carbonyl (C=O) groups is 2. The molecule has 1 N–H and O–H groups in total. The van der Waals surface area contributed by atoms with E-state index in [4.69, 9.17) is 17.3 Å². The Morgan fingerprint density at radius 1 is 1.25 bits per heavy atom. The first kappa shape index (κ1) is 23.0. The van der Waals surface area contributed by atoms with E-state index in [1.165, 1.54) is 0 Å². The van der Waals surface area contributed by atoms with Crippen LogP contribution in [0.3, 0.4) is 0 Å². The van der Waals surface area contributed by atoms with Gasteiger partial charge >= 0.3 is 0 Å². The minimum atomic E-state index is -0.0740. The van der Waals surface area contributed by atoms with E-state index in [2.05, 4.69) is 35.3 Å². The van der Waals surface area contributed by atoms with Gasteiger partial charge in [-0.2, -0.15) is 5.10 Å². The minimum absolute atomic E-state index is 0.0253. The molecule has 0 radical (unpaired) electrons. The van der Waals surface area contributed by atoms with Gasteiger partial charge in [-0.25, -0.2) is 0 Å². The number of rotatable bonds is 4. The van der Waals surface area contributed by atoms with Crippen molar-refractivity contribution in [1.29, 1.82) is 0 Å². The van der Waals surface area contributed by atoms with Crippen molar-refractivity contribution in [2.75, 3.05) is 26.2 Å². The molecule has 3 aliphatic rings. The number of likely N-dealkylation sites (tertiary alicyclic amines) is 2. The second-order valence-electron chi connectivity index (χ2n) is 10.2. The summed E-state index contributed by atoms with van der Waals surface area (Å²) in [6, 6.07) is 0.243. The van der Waals surface area contributed by atoms with Crippen molar-refractivity contribution in [2.45, 2.75) is 71.4 Å². The van der Waals surface area contributed by atoms with Gasteiger partial charge in [0, 0.05) is 39.5 Å². The van der Waals surface area contributed by atoms with Crippen molar-refractivity contribution < 1.29 is 9.59 Å². The average Bonchev–Trinajstić information content (AvgIpc) is 3.36. The molecule has 2 saturated heterocycles. The van der Waals surface area contributed by atoms with Crippen LogP contribution in [-0.2, 0) is 11.2 Å². The second-order valence-corrected chi connectivity index (χ2v) is 10.5. The Morgan fingerprint density at radius 3 is 2.62 bits per heavy atom. The van der Waals surface area contributed by atoms with E-state index in [1.807, 2.05) is 4.90 Å². The Hall–Kier alpha value is -2.22. The smallest absolute Gasteiger partial charge is 0.219 e. The summed E-state index contributed by atoms with van der Waals surface area (Å²) in [5.41, 5.74) is 2.74. The number of thiocarbonyl (C=S) groups is 1. The van der Waals surface area contributed by atoms with Crippen LogP contribution in [0.4, 0.5) is 0 Å². The predicted molar refractivity (Wildman–Crippen MR) is 129 cm³/mol. The van der Waals surface area contributed by atoms with Crippen LogP contribution in [-0.4, -0.2) is 62.6 Å². The SMILES string of the molecule is C=CCNC(=S)N1CCC[C@H]1c1nn(C2CCN(C(C)=O)CC2)c2c1C(=O)CC(C)(C)C2. The van der Waals surface area contributed by atoms with Gasteiger partial charge in [0.2, 0.25) is 5.91 Å². The summed E-state index contributed by atoms with van der Waals surface area (Å²) in [5.74, 6) is 0.334. The maximum atomic E-state index is 13.4. The number of hydrogen-bond donors (Lipinski definition) is 1. The topological polar surface area (TPSA) is 70.5 Å². The standard InChI is InChI=1S/C24H35N5O2S/c1-5-10-25-23(32)28-11-6-7-18(28)22-21-19(14-24(3,4)15-20(21)31)29(26-22)17-8-12-27(13-9-17)16(2)30/h5,17-18H,1,6-15H2,2-4H3,(H,25,32)/t18-/m0/s1. The molecule has 3 heterocycles. The number of amides is 1. The maximum Gasteiger partial charge on any atom is 0.219 e. The van der Waals surface area contributed by atoms with Crippen LogP contribution in [0.25, 0.3) is 0 Å². The van der Waals surface area contributed by atoms with E-state index < -0.39 is 0 Å². The summed E-state index contributed by atoms with van der Waals surface area (Å²) >= 11 is 5.66. The van der Waals surface area contributed by atoms with Gasteiger partial charge in [-0.15, -0.1) is 6.58 Å². The summed E-state index contributed by atoms with van der Waals surface area (Å²) in [7, 11) is 0. The van der Waals surface area contributed by atoms with Crippen LogP contribution >= 0.6 is 12.2 Å². The Labute approximate surface area is 196 Å². The highest BCUT2D eigenvalue weighted by atomic mass is 32.1. The largest absolute Gasteiger partial charge is 0.359 e. The van der Waals surface area contributed by atoms with E-state index >= 15 is 0 Å². The van der Waals surface area contributed by atoms with Crippen molar-refractivity contribution in [3.63, 3.8) is 0 Å². The maximum absolute atomic E-state index is 13.4. The first-order valence-corrected chi connectivity index (χ1v) is 12.2. The number of carbonyl (C=O) groups excluding carboxylic acids is 2. The zero-order valence-corrected chi connectivity index (χ0v) is 20.3. The van der Waals surface area contributed by atoms with Gasteiger partial charge in [0.15, 0.2) is 10.9 Å². The fourth-order valence-corrected chi connectivity index (χ4v) is 5.82. The molecular weight excluding hydrogens is 422 g/mol. The van der Waals surface area contributed by atoms with Crippen molar-refractivity contribution in [3.8, 4) is 0 Å². The van der Waals surface area contributed by atoms with Crippen LogP contribution in [0, 0.1) is 5.41 Å². The van der Waals surface area contributed by atoms with Gasteiger partial charge in [-0.1, -0.05) is 19.9 Å². The van der Waals surface area contributed by atoms with Crippen LogP contribution in [0.1, 0.15) is 86.7 Å². The summed E-state index contributed by atoms with van der Waals surface area (Å²) in [5, 5.41) is 9.09. The lowest BCUT2D eigenvalue weighted by molar-refractivity contribution is -0.130. The van der Waals surface area contributed by atoms with Crippen LogP contribution < -0.4 is 5.32 Å². The van der Waals surface area contributed by atoms with E-state index in [0.29, 0.717) is 18.1 Å². The summed E-state index contributed by atoms with van der Waals surface area (Å²) < 4.78 is 2.15. The molecule has 0 spiro atoms. The molecule has 1 aromatic rings. The van der Waals surface area contributed by atoms with Gasteiger partial charge in [0.1, 0.15) is 0 Å². The highest BCUT2D eigenvalue weighted by Gasteiger charge is 2.42. The number of aromatic nitrogens is 2. The van der Waals surface area contributed by atoms with Crippen molar-refractivity contribution in [1.82, 2.24) is 24.9 Å². The molecule has 0 saturated carbocycles. The lowest BCUT2D eigenvalue weighted by Gasteiger charge is -2.34. The fourth-order valence-electron chi connectivity index (χ4n) is 5.52. The molecule has 0 bridgehead atoms. The van der Waals surface area contributed by atoms with Gasteiger partial charge in [0.05, 0.1) is 29.0 Å². The number of nitrogens with zero attached hydrogens (tertiary/aromatic N) is 4. The van der Waals surface area contributed by atoms with Gasteiger partial charge in [-0.3, -0.25) is 14.3 Å². The molecule has 32 heavy (non-hydrogen) atoms. The number of nitrogens with one attached hydrogen (secondary N) is 1. The third-order valence-corrected chi connectivity index (χ3v) is 7.46. The van der Waals surface area contributed by atoms with Gasteiger partial charge in [-0.05, 0) is 49.7 Å². The molecule has 8 heteroatoms. The summed E-state index contributed by atoms with van der Waals surface area (Å²) in [4.78, 5) is 29.3. The van der Waals surface area contributed by atoms with Crippen molar-refractivity contribution in [2.24, 2.45) is 5.41 Å². The van der Waals surface area contributed by atoms with Crippen molar-refractivity contribution >= 4 is 29.0 Å². The monoisotopic (exact) mass is 457 g/mol. The first-order valence-electron chi connectivity index (χ1n) is 11.8. The highest BCUT2D eigenvalue weighted by molar-refractivity contribution is 7.80. The fraction of sp³-hybridized carbons (Fsp3) is 0.667. The molecule has 174 valence electrons. The predicted octanol–water partition coefficient (Wildman–Crippen LogP) is 3.42. The van der Waals surface area contributed by atoms with Crippen molar-refractivity contribution in [3.05, 3.63) is 29.6 Å². The number of piperidine rings is 1. The molecule has 7 nitrogen and oxygen atoms in total. The van der Waals surface area contributed by atoms with Crippen LogP contribution in [0.5, 0.6) is 0 Å². The highest BCUT2D eigenvalue weighted by Crippen LogP contribution is 2.42. The third kappa shape index (κ3) is 4.34. The Kier molecular flexibility index (Phi) is 6.43. The quantitative estimate of drug-likeness (QED) is 0.552. The molecule has 1 aromatic heterocycles.